The van der Waals surface area contributed by atoms with Crippen molar-refractivity contribution in [3.63, 3.8) is 0 Å². The van der Waals surface area contributed by atoms with Gasteiger partial charge in [-0.15, -0.1) is 11.8 Å². The molecule has 0 saturated carbocycles. The Balaban J connectivity index is 1.38. The summed E-state index contributed by atoms with van der Waals surface area (Å²) in [6, 6.07) is 35.4. The van der Waals surface area contributed by atoms with Crippen LogP contribution in [0.25, 0.3) is 6.08 Å². The van der Waals surface area contributed by atoms with E-state index in [1.807, 2.05) is 42.5 Å². The number of rotatable bonds is 13. The summed E-state index contributed by atoms with van der Waals surface area (Å²) < 4.78 is 16.4. The summed E-state index contributed by atoms with van der Waals surface area (Å²) in [5.74, 6) is -0.0621. The molecule has 5 aromatic rings. The van der Waals surface area contributed by atoms with Crippen LogP contribution < -0.4 is 30.2 Å². The first-order chi connectivity index (χ1) is 24.3. The molecular formula is C39H34ClN3O6S. The van der Waals surface area contributed by atoms with E-state index in [1.165, 1.54) is 39.2 Å². The molecule has 0 aliphatic rings. The quantitative estimate of drug-likeness (QED) is 0.0834. The van der Waals surface area contributed by atoms with E-state index >= 15 is 0 Å². The third-order valence-corrected chi connectivity index (χ3v) is 8.86. The molecule has 0 aromatic heterocycles. The average molecular weight is 708 g/mol. The zero-order valence-corrected chi connectivity index (χ0v) is 29.0. The molecule has 5 rings (SSSR count). The third-order valence-electron chi connectivity index (χ3n) is 7.35. The maximum absolute atomic E-state index is 13.7. The number of halogens is 1. The lowest BCUT2D eigenvalue weighted by Gasteiger charge is -2.18. The fraction of sp³-hybridized carbons (Fsp3) is 0.103. The van der Waals surface area contributed by atoms with Gasteiger partial charge in [0.05, 0.1) is 21.3 Å². The van der Waals surface area contributed by atoms with E-state index in [2.05, 4.69) is 16.0 Å². The molecule has 0 bridgehead atoms. The van der Waals surface area contributed by atoms with Crippen LogP contribution in [0.4, 0.5) is 11.4 Å². The van der Waals surface area contributed by atoms with Gasteiger partial charge in [0.2, 0.25) is 11.7 Å². The molecule has 0 saturated heterocycles. The maximum atomic E-state index is 13.7. The first kappa shape index (κ1) is 35.6. The van der Waals surface area contributed by atoms with Crippen LogP contribution in [0.5, 0.6) is 17.2 Å². The van der Waals surface area contributed by atoms with Crippen molar-refractivity contribution in [1.82, 2.24) is 5.32 Å². The number of hydrogen-bond donors (Lipinski definition) is 3. The monoisotopic (exact) mass is 707 g/mol. The molecule has 0 spiro atoms. The number of thioether (sulfide) groups is 1. The SMILES string of the molecule is COc1cc(/C=C(\NC(=O)c2ccccc2)C(=O)Nc2ccc(SC(C(=O)Nc3ccc(Cl)cc3)c3ccccc3)cc2)cc(OC)c1OC. The lowest BCUT2D eigenvalue weighted by Crippen LogP contribution is -2.30. The molecule has 11 heteroatoms. The summed E-state index contributed by atoms with van der Waals surface area (Å²) in [5, 5.41) is 8.58. The van der Waals surface area contributed by atoms with Crippen LogP contribution in [0.2, 0.25) is 5.02 Å². The second-order valence-corrected chi connectivity index (χ2v) is 12.3. The molecule has 0 heterocycles. The Bertz CT molecular complexity index is 1950. The normalized spacial score (nSPS) is 11.6. The van der Waals surface area contributed by atoms with E-state index in [-0.39, 0.29) is 11.6 Å². The molecule has 254 valence electrons. The second-order valence-electron chi connectivity index (χ2n) is 10.7. The van der Waals surface area contributed by atoms with Crippen LogP contribution >= 0.6 is 23.4 Å². The van der Waals surface area contributed by atoms with Gasteiger partial charge in [-0.3, -0.25) is 14.4 Å². The lowest BCUT2D eigenvalue weighted by atomic mass is 10.1. The number of nitrogens with one attached hydrogen (secondary N) is 3. The summed E-state index contributed by atoms with van der Waals surface area (Å²) in [6.45, 7) is 0. The van der Waals surface area contributed by atoms with Crippen molar-refractivity contribution in [1.29, 1.82) is 0 Å². The summed E-state index contributed by atoms with van der Waals surface area (Å²) in [4.78, 5) is 41.1. The summed E-state index contributed by atoms with van der Waals surface area (Å²) in [5.41, 5.74) is 2.82. The smallest absolute Gasteiger partial charge is 0.272 e. The number of methoxy groups -OCH3 is 3. The van der Waals surface area contributed by atoms with E-state index in [0.717, 1.165) is 10.5 Å². The van der Waals surface area contributed by atoms with Gasteiger partial charge in [0, 0.05) is 26.9 Å². The molecule has 0 aliphatic heterocycles. The summed E-state index contributed by atoms with van der Waals surface area (Å²) in [7, 11) is 4.48. The highest BCUT2D eigenvalue weighted by atomic mass is 35.5. The van der Waals surface area contributed by atoms with Crippen LogP contribution in [-0.4, -0.2) is 39.1 Å². The topological polar surface area (TPSA) is 115 Å². The maximum Gasteiger partial charge on any atom is 0.272 e. The van der Waals surface area contributed by atoms with Crippen LogP contribution in [0, 0.1) is 0 Å². The van der Waals surface area contributed by atoms with Crippen molar-refractivity contribution in [2.45, 2.75) is 10.1 Å². The van der Waals surface area contributed by atoms with Gasteiger partial charge in [0.15, 0.2) is 11.5 Å². The van der Waals surface area contributed by atoms with Gasteiger partial charge in [0.25, 0.3) is 11.8 Å². The minimum Gasteiger partial charge on any atom is -0.493 e. The van der Waals surface area contributed by atoms with Gasteiger partial charge >= 0.3 is 0 Å². The fourth-order valence-electron chi connectivity index (χ4n) is 4.89. The van der Waals surface area contributed by atoms with Crippen LogP contribution in [0.15, 0.2) is 132 Å². The van der Waals surface area contributed by atoms with Crippen molar-refractivity contribution in [2.24, 2.45) is 0 Å². The molecule has 0 radical (unpaired) electrons. The number of anilines is 2. The van der Waals surface area contributed by atoms with Crippen molar-refractivity contribution in [3.05, 3.63) is 149 Å². The number of amides is 3. The Kier molecular flexibility index (Phi) is 12.2. The molecule has 3 amide bonds. The van der Waals surface area contributed by atoms with E-state index in [9.17, 15) is 14.4 Å². The molecule has 1 unspecified atom stereocenters. The third kappa shape index (κ3) is 9.25. The van der Waals surface area contributed by atoms with E-state index < -0.39 is 17.1 Å². The molecule has 5 aromatic carbocycles. The van der Waals surface area contributed by atoms with Gasteiger partial charge in [0.1, 0.15) is 10.9 Å². The number of ether oxygens (including phenoxy) is 3. The van der Waals surface area contributed by atoms with E-state index in [4.69, 9.17) is 25.8 Å². The molecule has 0 aliphatic carbocycles. The van der Waals surface area contributed by atoms with Crippen molar-refractivity contribution in [2.75, 3.05) is 32.0 Å². The standard InChI is InChI=1S/C39H34ClN3O6S/c1-47-33-23-25(24-34(48-2)35(33)49-3)22-32(43-37(44)27-12-8-5-9-13-27)38(45)41-30-18-20-31(21-19-30)50-36(26-10-6-4-7-11-26)39(46)42-29-16-14-28(40)15-17-29/h4-24,36H,1-3H3,(H,41,45)(H,42,46)(H,43,44)/b32-22-. The van der Waals surface area contributed by atoms with Crippen LogP contribution in [-0.2, 0) is 9.59 Å². The van der Waals surface area contributed by atoms with Gasteiger partial charge in [-0.2, -0.15) is 0 Å². The average Bonchev–Trinajstić information content (AvgIpc) is 3.15. The Hall–Kier alpha value is -5.71. The molecule has 9 nitrogen and oxygen atoms in total. The number of carbonyl (C=O) groups is 3. The Morgan fingerprint density at radius 3 is 1.84 bits per heavy atom. The van der Waals surface area contributed by atoms with Crippen LogP contribution in [0.3, 0.4) is 0 Å². The summed E-state index contributed by atoms with van der Waals surface area (Å²) in [6.07, 6.45) is 1.52. The first-order valence-electron chi connectivity index (χ1n) is 15.4. The van der Waals surface area contributed by atoms with E-state index in [1.54, 1.807) is 78.9 Å². The zero-order chi connectivity index (χ0) is 35.5. The Morgan fingerprint density at radius 1 is 0.700 bits per heavy atom. The van der Waals surface area contributed by atoms with Gasteiger partial charge in [-0.05, 0) is 90.0 Å². The van der Waals surface area contributed by atoms with Crippen molar-refractivity contribution in [3.8, 4) is 17.2 Å². The Morgan fingerprint density at radius 2 is 1.26 bits per heavy atom. The zero-order valence-electron chi connectivity index (χ0n) is 27.4. The minimum absolute atomic E-state index is 0.0189. The molecule has 1 atom stereocenters. The number of carbonyl (C=O) groups excluding carboxylic acids is 3. The highest BCUT2D eigenvalue weighted by Crippen LogP contribution is 2.39. The molecule has 3 N–H and O–H groups in total. The minimum atomic E-state index is -0.562. The van der Waals surface area contributed by atoms with Gasteiger partial charge in [-0.1, -0.05) is 60.1 Å². The van der Waals surface area contributed by atoms with Crippen LogP contribution in [0.1, 0.15) is 26.7 Å². The lowest BCUT2D eigenvalue weighted by molar-refractivity contribution is -0.116. The number of hydrogen-bond acceptors (Lipinski definition) is 7. The number of benzene rings is 5. The van der Waals surface area contributed by atoms with Crippen molar-refractivity contribution >= 4 is 58.5 Å². The van der Waals surface area contributed by atoms with Gasteiger partial charge < -0.3 is 30.2 Å². The van der Waals surface area contributed by atoms with Gasteiger partial charge in [-0.25, -0.2) is 0 Å². The first-order valence-corrected chi connectivity index (χ1v) is 16.6. The highest BCUT2D eigenvalue weighted by Gasteiger charge is 2.23. The fourth-order valence-corrected chi connectivity index (χ4v) is 6.04. The predicted octanol–water partition coefficient (Wildman–Crippen LogP) is 8.25. The molecule has 50 heavy (non-hydrogen) atoms. The molecule has 0 fully saturated rings. The highest BCUT2D eigenvalue weighted by molar-refractivity contribution is 8.00. The largest absolute Gasteiger partial charge is 0.493 e. The predicted molar refractivity (Wildman–Crippen MR) is 198 cm³/mol. The summed E-state index contributed by atoms with van der Waals surface area (Å²) >= 11 is 7.38. The van der Waals surface area contributed by atoms with Crippen molar-refractivity contribution < 1.29 is 28.6 Å². The second kappa shape index (κ2) is 17.1. The van der Waals surface area contributed by atoms with E-state index in [0.29, 0.717) is 44.8 Å². The Labute approximate surface area is 299 Å². The molecular weight excluding hydrogens is 674 g/mol.